The monoisotopic (exact) mass is 400 g/mol. The van der Waals surface area contributed by atoms with Crippen molar-refractivity contribution in [2.75, 3.05) is 65.4 Å². The molecule has 0 aliphatic rings. The van der Waals surface area contributed by atoms with Gasteiger partial charge in [0.25, 0.3) is 0 Å². The Balaban J connectivity index is 4.75. The van der Waals surface area contributed by atoms with Crippen LogP contribution in [-0.2, 0) is 0 Å². The summed E-state index contributed by atoms with van der Waals surface area (Å²) in [5, 5.41) is 56.0. The molecule has 0 saturated heterocycles. The normalized spacial score (nSPS) is 16.0. The largest absolute Gasteiger partial charge is 0.392 e. The molecule has 0 amide bonds. The Morgan fingerprint density at radius 1 is 0.679 bits per heavy atom. The molecule has 0 rings (SSSR count). The zero-order valence-corrected chi connectivity index (χ0v) is 17.0. The van der Waals surface area contributed by atoms with E-state index >= 15 is 0 Å². The highest BCUT2D eigenvalue weighted by Crippen LogP contribution is 2.00. The van der Waals surface area contributed by atoms with E-state index in [0.717, 1.165) is 0 Å². The smallest absolute Gasteiger partial charge is 0.153 e. The van der Waals surface area contributed by atoms with Crippen LogP contribution in [0.15, 0.2) is 0 Å². The van der Waals surface area contributed by atoms with Gasteiger partial charge in [-0.1, -0.05) is 0 Å². The maximum atomic E-state index is 9.62. The summed E-state index contributed by atoms with van der Waals surface area (Å²) in [7, 11) is 0. The van der Waals surface area contributed by atoms with Crippen LogP contribution >= 0.6 is 0 Å². The maximum Gasteiger partial charge on any atom is 0.153 e. The van der Waals surface area contributed by atoms with Gasteiger partial charge in [-0.15, -0.1) is 0 Å². The average Bonchev–Trinajstić information content (AvgIpc) is 2.62. The highest BCUT2D eigenvalue weighted by molar-refractivity contribution is 4.86. The van der Waals surface area contributed by atoms with Crippen LogP contribution in [0.25, 0.3) is 0 Å². The summed E-state index contributed by atoms with van der Waals surface area (Å²) in [5.74, 6) is 0. The first-order chi connectivity index (χ1) is 13.2. The Kier molecular flexibility index (Phi) is 14.8. The SMILES string of the molecule is CC(O)CN(CCN(CCN)CCN(CC(C)O)CC(O)C#N)CC(O)C#N. The van der Waals surface area contributed by atoms with E-state index in [1.807, 2.05) is 9.80 Å². The van der Waals surface area contributed by atoms with Gasteiger partial charge in [-0.25, -0.2) is 0 Å². The zero-order valence-electron chi connectivity index (χ0n) is 17.0. The molecular formula is C18H36N6O4. The average molecular weight is 401 g/mol. The quantitative estimate of drug-likeness (QED) is 0.173. The van der Waals surface area contributed by atoms with Crippen LogP contribution in [0.5, 0.6) is 0 Å². The predicted octanol–water partition coefficient (Wildman–Crippen LogP) is -2.62. The third kappa shape index (κ3) is 13.8. The van der Waals surface area contributed by atoms with E-state index in [1.165, 1.54) is 0 Å². The molecular weight excluding hydrogens is 364 g/mol. The number of hydrogen-bond donors (Lipinski definition) is 5. The summed E-state index contributed by atoms with van der Waals surface area (Å²) < 4.78 is 0. The van der Waals surface area contributed by atoms with Crippen LogP contribution < -0.4 is 5.73 Å². The van der Waals surface area contributed by atoms with Crippen LogP contribution in [0.2, 0.25) is 0 Å². The standard InChI is InChI=1S/C18H36N6O4/c1-15(25)11-23(13-17(27)9-20)7-5-22(4-3-19)6-8-24(12-16(2)26)14-18(28)10-21/h15-18,25-28H,3-8,11-14,19H2,1-2H3. The zero-order chi connectivity index (χ0) is 21.5. The maximum absolute atomic E-state index is 9.62. The number of aliphatic hydroxyl groups excluding tert-OH is 4. The summed E-state index contributed by atoms with van der Waals surface area (Å²) in [5.41, 5.74) is 5.69. The van der Waals surface area contributed by atoms with Gasteiger partial charge in [-0.3, -0.25) is 14.7 Å². The number of hydrogen-bond acceptors (Lipinski definition) is 10. The molecule has 4 unspecified atom stereocenters. The summed E-state index contributed by atoms with van der Waals surface area (Å²) in [4.78, 5) is 5.76. The van der Waals surface area contributed by atoms with Crippen LogP contribution in [0, 0.1) is 22.7 Å². The molecule has 28 heavy (non-hydrogen) atoms. The van der Waals surface area contributed by atoms with Gasteiger partial charge in [-0.05, 0) is 13.8 Å². The molecule has 0 saturated carbocycles. The lowest BCUT2D eigenvalue weighted by Crippen LogP contribution is -2.46. The fraction of sp³-hybridized carbons (Fsp3) is 0.889. The first-order valence-corrected chi connectivity index (χ1v) is 9.60. The van der Waals surface area contributed by atoms with E-state index in [-0.39, 0.29) is 13.1 Å². The van der Waals surface area contributed by atoms with Crippen molar-refractivity contribution in [3.8, 4) is 12.1 Å². The van der Waals surface area contributed by atoms with Crippen LogP contribution in [0.4, 0.5) is 0 Å². The molecule has 0 aliphatic heterocycles. The van der Waals surface area contributed by atoms with Crippen molar-refractivity contribution in [1.29, 1.82) is 10.5 Å². The van der Waals surface area contributed by atoms with Crippen molar-refractivity contribution in [3.05, 3.63) is 0 Å². The molecule has 0 aromatic rings. The van der Waals surface area contributed by atoms with Gasteiger partial charge in [-0.2, -0.15) is 10.5 Å². The highest BCUT2D eigenvalue weighted by Gasteiger charge is 2.17. The number of nitrogens with two attached hydrogens (primary N) is 1. The number of nitrogens with zero attached hydrogens (tertiary/aromatic N) is 5. The third-order valence-corrected chi connectivity index (χ3v) is 4.12. The second kappa shape index (κ2) is 15.6. The second-order valence-corrected chi connectivity index (χ2v) is 7.14. The summed E-state index contributed by atoms with van der Waals surface area (Å²) in [6, 6.07) is 3.56. The van der Waals surface area contributed by atoms with Crippen LogP contribution in [0.1, 0.15) is 13.8 Å². The third-order valence-electron chi connectivity index (χ3n) is 4.12. The molecule has 4 atom stereocenters. The Labute approximate surface area is 168 Å². The minimum absolute atomic E-state index is 0.153. The molecule has 0 aromatic carbocycles. The topological polar surface area (TPSA) is 164 Å². The predicted molar refractivity (Wildman–Crippen MR) is 105 cm³/mol. The molecule has 0 bridgehead atoms. The van der Waals surface area contributed by atoms with Gasteiger partial charge in [0.15, 0.2) is 12.2 Å². The van der Waals surface area contributed by atoms with Crippen LogP contribution in [0.3, 0.4) is 0 Å². The van der Waals surface area contributed by atoms with Gasteiger partial charge in [0, 0.05) is 65.4 Å². The molecule has 0 fully saturated rings. The fourth-order valence-electron chi connectivity index (χ4n) is 2.92. The van der Waals surface area contributed by atoms with Gasteiger partial charge >= 0.3 is 0 Å². The van der Waals surface area contributed by atoms with E-state index in [4.69, 9.17) is 16.3 Å². The fourth-order valence-corrected chi connectivity index (χ4v) is 2.92. The Hall–Kier alpha value is -1.34. The van der Waals surface area contributed by atoms with E-state index < -0.39 is 24.4 Å². The minimum Gasteiger partial charge on any atom is -0.392 e. The first kappa shape index (κ1) is 26.7. The van der Waals surface area contributed by atoms with E-state index in [0.29, 0.717) is 52.4 Å². The molecule has 0 radical (unpaired) electrons. The second-order valence-electron chi connectivity index (χ2n) is 7.14. The molecule has 10 nitrogen and oxygen atoms in total. The van der Waals surface area contributed by atoms with Crippen LogP contribution in [-0.4, -0.2) is 125 Å². The lowest BCUT2D eigenvalue weighted by atomic mass is 10.2. The minimum atomic E-state index is -1.12. The van der Waals surface area contributed by atoms with Gasteiger partial charge in [0.1, 0.15) is 0 Å². The van der Waals surface area contributed by atoms with Crippen molar-refractivity contribution in [3.63, 3.8) is 0 Å². The van der Waals surface area contributed by atoms with Gasteiger partial charge in [0.05, 0.1) is 24.3 Å². The van der Waals surface area contributed by atoms with Crippen molar-refractivity contribution in [2.24, 2.45) is 5.73 Å². The van der Waals surface area contributed by atoms with E-state index in [9.17, 15) is 20.4 Å². The van der Waals surface area contributed by atoms with Crippen molar-refractivity contribution >= 4 is 0 Å². The summed E-state index contributed by atoms with van der Waals surface area (Å²) in [6.45, 7) is 7.70. The summed E-state index contributed by atoms with van der Waals surface area (Å²) >= 11 is 0. The van der Waals surface area contributed by atoms with E-state index in [2.05, 4.69) is 4.90 Å². The molecule has 10 heteroatoms. The number of rotatable bonds is 16. The molecule has 0 spiro atoms. The van der Waals surface area contributed by atoms with Crippen molar-refractivity contribution in [2.45, 2.75) is 38.3 Å². The lowest BCUT2D eigenvalue weighted by molar-refractivity contribution is 0.0761. The molecule has 0 aliphatic carbocycles. The van der Waals surface area contributed by atoms with Crippen molar-refractivity contribution in [1.82, 2.24) is 14.7 Å². The Bertz CT molecular complexity index is 440. The molecule has 0 heterocycles. The Morgan fingerprint density at radius 2 is 1.04 bits per heavy atom. The molecule has 0 aromatic heterocycles. The molecule has 162 valence electrons. The number of aliphatic hydroxyl groups is 4. The van der Waals surface area contributed by atoms with E-state index in [1.54, 1.807) is 26.0 Å². The van der Waals surface area contributed by atoms with Gasteiger partial charge < -0.3 is 26.2 Å². The molecule has 6 N–H and O–H groups in total. The summed E-state index contributed by atoms with van der Waals surface area (Å²) in [6.07, 6.45) is -3.39. The highest BCUT2D eigenvalue weighted by atomic mass is 16.3. The van der Waals surface area contributed by atoms with Crippen molar-refractivity contribution < 1.29 is 20.4 Å². The van der Waals surface area contributed by atoms with Gasteiger partial charge in [0.2, 0.25) is 0 Å². The first-order valence-electron chi connectivity index (χ1n) is 9.60. The lowest BCUT2D eigenvalue weighted by Gasteiger charge is -2.31. The number of nitriles is 2. The Morgan fingerprint density at radius 3 is 1.32 bits per heavy atom.